The fourth-order valence-corrected chi connectivity index (χ4v) is 3.85. The smallest absolute Gasteiger partial charge is 0.339 e. The second kappa shape index (κ2) is 8.53. The number of nitrogens with zero attached hydrogens (tertiary/aromatic N) is 1. The molecular formula is C20H22N2O5S. The maximum absolute atomic E-state index is 12.9. The summed E-state index contributed by atoms with van der Waals surface area (Å²) in [5.41, 5.74) is 0.637. The molecule has 0 aromatic heterocycles. The Balaban J connectivity index is 1.87. The van der Waals surface area contributed by atoms with Crippen molar-refractivity contribution in [3.63, 3.8) is 0 Å². The first-order valence-electron chi connectivity index (χ1n) is 9.01. The van der Waals surface area contributed by atoms with Crippen molar-refractivity contribution in [2.75, 3.05) is 20.1 Å². The molecule has 0 bridgehead atoms. The van der Waals surface area contributed by atoms with Gasteiger partial charge >= 0.3 is 5.97 Å². The van der Waals surface area contributed by atoms with Crippen LogP contribution in [0.4, 0.5) is 0 Å². The van der Waals surface area contributed by atoms with Gasteiger partial charge in [0.25, 0.3) is 5.91 Å². The molecule has 1 aliphatic heterocycles. The molecule has 28 heavy (non-hydrogen) atoms. The molecule has 0 radical (unpaired) electrons. The van der Waals surface area contributed by atoms with Gasteiger partial charge in [0, 0.05) is 18.7 Å². The van der Waals surface area contributed by atoms with Crippen LogP contribution in [0.5, 0.6) is 0 Å². The lowest BCUT2D eigenvalue weighted by Crippen LogP contribution is -2.34. The predicted octanol–water partition coefficient (Wildman–Crippen LogP) is 2.12. The van der Waals surface area contributed by atoms with Crippen LogP contribution >= 0.6 is 0 Å². The molecule has 0 unspecified atom stereocenters. The maximum atomic E-state index is 12.9. The first kappa shape index (κ1) is 20.0. The average molecular weight is 402 g/mol. The van der Waals surface area contributed by atoms with E-state index in [0.717, 1.165) is 12.8 Å². The van der Waals surface area contributed by atoms with E-state index in [-0.39, 0.29) is 16.4 Å². The van der Waals surface area contributed by atoms with Crippen LogP contribution in [0.2, 0.25) is 0 Å². The van der Waals surface area contributed by atoms with Crippen LogP contribution in [0.1, 0.15) is 34.9 Å². The van der Waals surface area contributed by atoms with Crippen molar-refractivity contribution in [3.05, 3.63) is 65.7 Å². The van der Waals surface area contributed by atoms with Crippen molar-refractivity contribution in [2.24, 2.45) is 0 Å². The van der Waals surface area contributed by atoms with E-state index >= 15 is 0 Å². The first-order valence-corrected chi connectivity index (χ1v) is 10.5. The van der Waals surface area contributed by atoms with E-state index < -0.39 is 22.1 Å². The van der Waals surface area contributed by atoms with Gasteiger partial charge in [-0.2, -0.15) is 0 Å². The van der Waals surface area contributed by atoms with E-state index in [0.29, 0.717) is 18.7 Å². The van der Waals surface area contributed by atoms with Gasteiger partial charge in [-0.15, -0.1) is 0 Å². The third-order valence-electron chi connectivity index (χ3n) is 4.62. The third-order valence-corrected chi connectivity index (χ3v) is 6.03. The number of carbonyl (C=O) groups is 2. The first-order chi connectivity index (χ1) is 13.4. The molecule has 1 atom stereocenters. The van der Waals surface area contributed by atoms with Crippen LogP contribution in [-0.4, -0.2) is 45.3 Å². The summed E-state index contributed by atoms with van der Waals surface area (Å²) < 4.78 is 31.7. The van der Waals surface area contributed by atoms with E-state index in [2.05, 4.69) is 4.72 Å². The van der Waals surface area contributed by atoms with Crippen molar-refractivity contribution in [2.45, 2.75) is 23.8 Å². The average Bonchev–Trinajstić information content (AvgIpc) is 3.27. The van der Waals surface area contributed by atoms with Crippen molar-refractivity contribution >= 4 is 21.9 Å². The number of ether oxygens (including phenoxy) is 1. The van der Waals surface area contributed by atoms with Gasteiger partial charge < -0.3 is 9.64 Å². The molecule has 1 aliphatic rings. The number of esters is 1. The standard InChI is InChI=1S/C20H22N2O5S/c1-21-28(25,26)17-11-7-10-16(14-17)20(24)27-18(15-8-3-2-4-9-15)19(23)22-12-5-6-13-22/h2-4,7-11,14,18,21H,5-6,12-13H2,1H3/t18-/m1/s1. The molecule has 8 heteroatoms. The quantitative estimate of drug-likeness (QED) is 0.747. The van der Waals surface area contributed by atoms with E-state index in [1.807, 2.05) is 6.07 Å². The zero-order valence-corrected chi connectivity index (χ0v) is 16.3. The molecule has 0 aliphatic carbocycles. The van der Waals surface area contributed by atoms with Crippen molar-refractivity contribution < 1.29 is 22.7 Å². The Morgan fingerprint density at radius 3 is 2.36 bits per heavy atom. The predicted molar refractivity (Wildman–Crippen MR) is 103 cm³/mol. The highest BCUT2D eigenvalue weighted by Crippen LogP contribution is 2.24. The number of hydrogen-bond acceptors (Lipinski definition) is 5. The summed E-state index contributed by atoms with van der Waals surface area (Å²) >= 11 is 0. The molecular weight excluding hydrogens is 380 g/mol. The number of benzene rings is 2. The summed E-state index contributed by atoms with van der Waals surface area (Å²) in [6.45, 7) is 1.27. The van der Waals surface area contributed by atoms with Gasteiger partial charge in [-0.25, -0.2) is 17.9 Å². The molecule has 2 aromatic rings. The summed E-state index contributed by atoms with van der Waals surface area (Å²) in [4.78, 5) is 27.3. The molecule has 0 saturated carbocycles. The largest absolute Gasteiger partial charge is 0.444 e. The number of nitrogens with one attached hydrogen (secondary N) is 1. The minimum Gasteiger partial charge on any atom is -0.444 e. The van der Waals surface area contributed by atoms with Crippen molar-refractivity contribution in [1.29, 1.82) is 0 Å². The van der Waals surface area contributed by atoms with E-state index in [4.69, 9.17) is 4.74 Å². The number of carbonyl (C=O) groups excluding carboxylic acids is 2. The van der Waals surface area contributed by atoms with E-state index in [1.165, 1.54) is 31.3 Å². The zero-order valence-electron chi connectivity index (χ0n) is 15.5. The van der Waals surface area contributed by atoms with Crippen LogP contribution < -0.4 is 4.72 Å². The molecule has 148 valence electrons. The maximum Gasteiger partial charge on any atom is 0.339 e. The van der Waals surface area contributed by atoms with Crippen molar-refractivity contribution in [3.8, 4) is 0 Å². The normalized spacial score (nSPS) is 15.2. The Hall–Kier alpha value is -2.71. The van der Waals surface area contributed by atoms with Gasteiger partial charge in [0.05, 0.1) is 10.5 Å². The number of likely N-dealkylation sites (tertiary alicyclic amines) is 1. The summed E-state index contributed by atoms with van der Waals surface area (Å²) in [5.74, 6) is -1.02. The van der Waals surface area contributed by atoms with Gasteiger partial charge in [-0.1, -0.05) is 36.4 Å². The van der Waals surface area contributed by atoms with Gasteiger partial charge in [0.15, 0.2) is 0 Å². The van der Waals surface area contributed by atoms with Gasteiger partial charge in [-0.05, 0) is 38.1 Å². The third kappa shape index (κ3) is 4.40. The highest BCUT2D eigenvalue weighted by molar-refractivity contribution is 7.89. The van der Waals surface area contributed by atoms with Crippen LogP contribution in [0.15, 0.2) is 59.5 Å². The highest BCUT2D eigenvalue weighted by atomic mass is 32.2. The Morgan fingerprint density at radius 1 is 1.04 bits per heavy atom. The number of sulfonamides is 1. The Morgan fingerprint density at radius 2 is 1.71 bits per heavy atom. The van der Waals surface area contributed by atoms with Crippen LogP contribution in [-0.2, 0) is 19.6 Å². The number of rotatable bonds is 6. The monoisotopic (exact) mass is 402 g/mol. The molecule has 7 nitrogen and oxygen atoms in total. The van der Waals surface area contributed by atoms with Crippen molar-refractivity contribution in [1.82, 2.24) is 9.62 Å². The Kier molecular flexibility index (Phi) is 6.11. The van der Waals surface area contributed by atoms with Gasteiger partial charge in [0.1, 0.15) is 0 Å². The number of hydrogen-bond donors (Lipinski definition) is 1. The number of amides is 1. The molecule has 2 aromatic carbocycles. The van der Waals surface area contributed by atoms with Gasteiger partial charge in [0.2, 0.25) is 16.1 Å². The van der Waals surface area contributed by atoms with Crippen LogP contribution in [0, 0.1) is 0 Å². The highest BCUT2D eigenvalue weighted by Gasteiger charge is 2.31. The molecule has 3 rings (SSSR count). The second-order valence-corrected chi connectivity index (χ2v) is 8.35. The molecule has 1 saturated heterocycles. The second-order valence-electron chi connectivity index (χ2n) is 6.46. The zero-order chi connectivity index (χ0) is 20.1. The summed E-state index contributed by atoms with van der Waals surface area (Å²) in [6.07, 6.45) is 0.771. The van der Waals surface area contributed by atoms with E-state index in [9.17, 15) is 18.0 Å². The SMILES string of the molecule is CNS(=O)(=O)c1cccc(C(=O)O[C@@H](C(=O)N2CCCC2)c2ccccc2)c1. The fourth-order valence-electron chi connectivity index (χ4n) is 3.08. The van der Waals surface area contributed by atoms with Gasteiger partial charge in [-0.3, -0.25) is 4.79 Å². The van der Waals surface area contributed by atoms with Crippen LogP contribution in [0.3, 0.4) is 0 Å². The topological polar surface area (TPSA) is 92.8 Å². The van der Waals surface area contributed by atoms with E-state index in [1.54, 1.807) is 29.2 Å². The molecule has 1 fully saturated rings. The van der Waals surface area contributed by atoms with Crippen LogP contribution in [0.25, 0.3) is 0 Å². The lowest BCUT2D eigenvalue weighted by Gasteiger charge is -2.23. The molecule has 1 N–H and O–H groups in total. The minimum atomic E-state index is -3.70. The minimum absolute atomic E-state index is 0.0495. The fraction of sp³-hybridized carbons (Fsp3) is 0.300. The summed E-state index contributed by atoms with van der Waals surface area (Å²) in [5, 5.41) is 0. The Labute approximate surface area is 164 Å². The lowest BCUT2D eigenvalue weighted by molar-refractivity contribution is -0.140. The lowest BCUT2D eigenvalue weighted by atomic mass is 10.1. The summed E-state index contributed by atoms with van der Waals surface area (Å²) in [7, 11) is -2.41. The molecule has 0 spiro atoms. The Bertz CT molecular complexity index is 954. The molecule has 1 heterocycles. The molecule has 1 amide bonds. The summed E-state index contributed by atoms with van der Waals surface area (Å²) in [6, 6.07) is 14.3.